The number of rotatable bonds is 19. The Morgan fingerprint density at radius 1 is 0.873 bits per heavy atom. The molecule has 0 spiro atoms. The Labute approximate surface area is 362 Å². The van der Waals surface area contributed by atoms with Gasteiger partial charge < -0.3 is 46.9 Å². The summed E-state index contributed by atoms with van der Waals surface area (Å²) in [6.45, 7) is 2.69. The molecule has 20 nitrogen and oxygen atoms in total. The highest BCUT2D eigenvalue weighted by atomic mass is 32.2. The zero-order chi connectivity index (χ0) is 46.0. The zero-order valence-corrected chi connectivity index (χ0v) is 35.6. The number of pyridine rings is 1. The molecule has 0 fully saturated rings. The second-order valence-corrected chi connectivity index (χ2v) is 16.9. The Morgan fingerprint density at radius 3 is 2.24 bits per heavy atom. The zero-order valence-electron chi connectivity index (χ0n) is 34.8. The average molecular weight is 889 g/mol. The van der Waals surface area contributed by atoms with E-state index in [4.69, 9.17) is 10.00 Å². The average Bonchev–Trinajstić information content (AvgIpc) is 3.26. The Balaban J connectivity index is 0.928. The fourth-order valence-corrected chi connectivity index (χ4v) is 8.02. The van der Waals surface area contributed by atoms with Crippen LogP contribution in [0.15, 0.2) is 35.4 Å². The first-order valence-corrected chi connectivity index (χ1v) is 21.9. The van der Waals surface area contributed by atoms with Gasteiger partial charge in [0, 0.05) is 54.9 Å². The van der Waals surface area contributed by atoms with Crippen molar-refractivity contribution in [2.45, 2.75) is 56.5 Å². The molecule has 0 aliphatic heterocycles. The predicted molar refractivity (Wildman–Crippen MR) is 223 cm³/mol. The van der Waals surface area contributed by atoms with Crippen molar-refractivity contribution in [2.75, 3.05) is 52.6 Å². The number of nitriles is 1. The molecule has 2 unspecified atom stereocenters. The highest BCUT2D eigenvalue weighted by molar-refractivity contribution is 7.90. The number of ketones is 2. The fraction of sp³-hybridized carbons (Fsp3) is 0.405. The molecule has 334 valence electrons. The van der Waals surface area contributed by atoms with E-state index in [1.807, 2.05) is 0 Å². The highest BCUT2D eigenvalue weighted by Crippen LogP contribution is 2.47. The van der Waals surface area contributed by atoms with Gasteiger partial charge in [-0.05, 0) is 70.3 Å². The molecular formula is C42H48N8O12S. The van der Waals surface area contributed by atoms with Crippen LogP contribution in [0.4, 0.5) is 0 Å². The summed E-state index contributed by atoms with van der Waals surface area (Å²) in [5.41, 5.74) is -0.314. The van der Waals surface area contributed by atoms with Gasteiger partial charge in [-0.2, -0.15) is 5.26 Å². The second-order valence-electron chi connectivity index (χ2n) is 14.9. The van der Waals surface area contributed by atoms with Crippen molar-refractivity contribution >= 4 is 50.9 Å². The smallest absolute Gasteiger partial charge is 0.269 e. The molecule has 63 heavy (non-hydrogen) atoms. The minimum absolute atomic E-state index is 0.0253. The van der Waals surface area contributed by atoms with Gasteiger partial charge in [0.1, 0.15) is 35.1 Å². The molecule has 2 atom stereocenters. The quantitative estimate of drug-likeness (QED) is 0.0443. The number of fused-ring (bicyclic) bond motifs is 3. The van der Waals surface area contributed by atoms with E-state index in [2.05, 4.69) is 36.9 Å². The summed E-state index contributed by atoms with van der Waals surface area (Å²) < 4.78 is 29.0. The van der Waals surface area contributed by atoms with Gasteiger partial charge >= 0.3 is 0 Å². The summed E-state index contributed by atoms with van der Waals surface area (Å²) >= 11 is 0. The fourth-order valence-electron chi connectivity index (χ4n) is 7.24. The number of amides is 5. The molecule has 2 aromatic carbocycles. The number of hydrogen-bond donors (Lipinski definition) is 8. The second kappa shape index (κ2) is 20.8. The molecule has 3 aromatic rings. The van der Waals surface area contributed by atoms with E-state index in [1.54, 1.807) is 18.2 Å². The molecule has 0 saturated heterocycles. The number of carbonyl (C=O) groups is 7. The minimum Gasteiger partial charge on any atom is -0.507 e. The molecule has 1 heterocycles. The lowest BCUT2D eigenvalue weighted by Crippen LogP contribution is -2.48. The largest absolute Gasteiger partial charge is 0.507 e. The number of ether oxygens (including phenoxy) is 1. The van der Waals surface area contributed by atoms with Gasteiger partial charge in [0.2, 0.25) is 29.4 Å². The number of benzene rings is 2. The Hall–Kier alpha value is -6.92. The van der Waals surface area contributed by atoms with Crippen LogP contribution in [0.5, 0.6) is 17.2 Å². The van der Waals surface area contributed by atoms with Crippen molar-refractivity contribution in [3.63, 3.8) is 0 Å². The van der Waals surface area contributed by atoms with Crippen LogP contribution in [-0.2, 0) is 41.9 Å². The van der Waals surface area contributed by atoms with E-state index in [-0.39, 0.29) is 82.3 Å². The lowest BCUT2D eigenvalue weighted by Gasteiger charge is -2.29. The van der Waals surface area contributed by atoms with Gasteiger partial charge in [-0.3, -0.25) is 33.6 Å². The van der Waals surface area contributed by atoms with Gasteiger partial charge in [-0.1, -0.05) is 12.1 Å². The number of hydrogen-bond acceptors (Lipinski definition) is 15. The van der Waals surface area contributed by atoms with Crippen LogP contribution >= 0.6 is 0 Å². The van der Waals surface area contributed by atoms with Crippen LogP contribution < -0.4 is 36.6 Å². The maximum atomic E-state index is 13.5. The van der Waals surface area contributed by atoms with Crippen LogP contribution in [0.1, 0.15) is 91.6 Å². The third kappa shape index (κ3) is 11.1. The number of nitrogens with one attached hydrogen (secondary N) is 6. The summed E-state index contributed by atoms with van der Waals surface area (Å²) in [4.78, 5) is 93.1. The van der Waals surface area contributed by atoms with Gasteiger partial charge in [0.25, 0.3) is 5.91 Å². The summed E-state index contributed by atoms with van der Waals surface area (Å²) in [5.74, 6) is -4.99. The molecule has 1 aromatic heterocycles. The van der Waals surface area contributed by atoms with Gasteiger partial charge in [-0.25, -0.2) is 13.4 Å². The Kier molecular flexibility index (Phi) is 15.5. The summed E-state index contributed by atoms with van der Waals surface area (Å²) in [6, 6.07) is 7.70. The molecule has 2 aliphatic carbocycles. The van der Waals surface area contributed by atoms with Crippen LogP contribution in [0, 0.1) is 17.2 Å². The first kappa shape index (κ1) is 47.1. The van der Waals surface area contributed by atoms with Gasteiger partial charge in [0.05, 0.1) is 35.9 Å². The molecule has 5 amide bonds. The minimum atomic E-state index is -3.87. The standard InChI is InChI=1S/C42H48N8O12S/c1-22(49-31(52)21-48-30(51)13-18-47-41(59)28-12-10-24(20-43)42(50-28)63(3,60)61)39(57)45-16-5-14-44-15-6-17-46-40(58)23-9-11-25-27(19-23)37(55)33-34(35(25)53)38(56)32-26(36(33)54)7-4-8-29(32)62-2/h4,7-8,10,12,22-23,44,53,55H,5-6,9,11,13-19,21H2,1-3H3,(H,45,57)(H,46,58)(H,47,59)(H,48,51)(H,49,52). The van der Waals surface area contributed by atoms with Crippen molar-refractivity contribution in [1.29, 1.82) is 5.26 Å². The predicted octanol–water partition coefficient (Wildman–Crippen LogP) is -0.300. The Bertz CT molecular complexity index is 2500. The first-order valence-electron chi connectivity index (χ1n) is 20.1. The monoisotopic (exact) mass is 888 g/mol. The normalized spacial score (nSPS) is 14.5. The van der Waals surface area contributed by atoms with Crippen molar-refractivity contribution in [2.24, 2.45) is 5.92 Å². The molecule has 0 bridgehead atoms. The number of phenols is 2. The number of sulfone groups is 1. The number of phenolic OH excluding ortho intramolecular Hbond substituents is 2. The SMILES string of the molecule is COc1cccc2c1C(=O)c1c(O)c3c(c(O)c1C2=O)CC(C(=O)NCCCNCCCNC(=O)C(C)NC(=O)CNC(=O)CCNC(=O)c1ccc(C#N)c(S(C)(=O)=O)n1)CC3. The van der Waals surface area contributed by atoms with E-state index in [0.29, 0.717) is 51.0 Å². The van der Waals surface area contributed by atoms with Crippen molar-refractivity contribution in [1.82, 2.24) is 36.9 Å². The van der Waals surface area contributed by atoms with Crippen molar-refractivity contribution in [3.8, 4) is 23.3 Å². The van der Waals surface area contributed by atoms with Crippen molar-refractivity contribution in [3.05, 3.63) is 75.0 Å². The number of nitrogens with zero attached hydrogens (tertiary/aromatic N) is 2. The van der Waals surface area contributed by atoms with E-state index in [9.17, 15) is 52.2 Å². The molecule has 0 radical (unpaired) electrons. The van der Waals surface area contributed by atoms with Crippen LogP contribution in [0.2, 0.25) is 0 Å². The molecule has 21 heteroatoms. The topological polar surface area (TPSA) is 312 Å². The molecular weight excluding hydrogens is 841 g/mol. The summed E-state index contributed by atoms with van der Waals surface area (Å²) in [5, 5.41) is 47.1. The third-order valence-electron chi connectivity index (χ3n) is 10.5. The van der Waals surface area contributed by atoms with E-state index >= 15 is 0 Å². The van der Waals surface area contributed by atoms with E-state index in [1.165, 1.54) is 26.2 Å². The lowest BCUT2D eigenvalue weighted by atomic mass is 9.75. The maximum Gasteiger partial charge on any atom is 0.269 e. The van der Waals surface area contributed by atoms with Gasteiger partial charge in [0.15, 0.2) is 20.6 Å². The molecule has 5 rings (SSSR count). The third-order valence-corrected chi connectivity index (χ3v) is 11.5. The van der Waals surface area contributed by atoms with E-state index < -0.39 is 74.3 Å². The number of methoxy groups -OCH3 is 1. The first-order chi connectivity index (χ1) is 30.0. The van der Waals surface area contributed by atoms with Crippen LogP contribution in [0.3, 0.4) is 0 Å². The number of carbonyl (C=O) groups excluding carboxylic acids is 7. The van der Waals surface area contributed by atoms with E-state index in [0.717, 1.165) is 12.3 Å². The Morgan fingerprint density at radius 2 is 1.56 bits per heavy atom. The summed E-state index contributed by atoms with van der Waals surface area (Å²) in [7, 11) is -2.50. The maximum absolute atomic E-state index is 13.5. The van der Waals surface area contributed by atoms with Crippen LogP contribution in [-0.4, -0.2) is 123 Å². The van der Waals surface area contributed by atoms with Gasteiger partial charge in [-0.15, -0.1) is 0 Å². The lowest BCUT2D eigenvalue weighted by molar-refractivity contribution is -0.129. The number of aromatic hydroxyl groups is 2. The summed E-state index contributed by atoms with van der Waals surface area (Å²) in [6.07, 6.45) is 2.46. The van der Waals surface area contributed by atoms with Crippen molar-refractivity contribution < 1.29 is 56.9 Å². The highest BCUT2D eigenvalue weighted by Gasteiger charge is 2.41. The molecule has 8 N–H and O–H groups in total. The number of aromatic nitrogens is 1. The molecule has 2 aliphatic rings. The molecule has 0 saturated carbocycles. The van der Waals surface area contributed by atoms with Crippen LogP contribution in [0.25, 0.3) is 0 Å².